The first-order chi connectivity index (χ1) is 22.3. The van der Waals surface area contributed by atoms with Crippen molar-refractivity contribution in [1.29, 1.82) is 0 Å². The van der Waals surface area contributed by atoms with E-state index < -0.39 is 33.3 Å². The second-order valence-corrected chi connectivity index (χ2v) is 13.2. The van der Waals surface area contributed by atoms with Crippen LogP contribution in [-0.4, -0.2) is 46.1 Å². The van der Waals surface area contributed by atoms with Gasteiger partial charge in [0.15, 0.2) is 11.5 Å². The van der Waals surface area contributed by atoms with Gasteiger partial charge in [0.2, 0.25) is 10.0 Å². The summed E-state index contributed by atoms with van der Waals surface area (Å²) in [5.41, 5.74) is 7.70. The number of methoxy groups -OCH3 is 1. The molecule has 11 nitrogen and oxygen atoms in total. The summed E-state index contributed by atoms with van der Waals surface area (Å²) in [6, 6.07) is 15.2. The maximum absolute atomic E-state index is 14.2. The van der Waals surface area contributed by atoms with Gasteiger partial charge in [0.25, 0.3) is 5.56 Å². The summed E-state index contributed by atoms with van der Waals surface area (Å²) >= 11 is 6.75. The number of ether oxygens (including phenoxy) is 1. The Balaban J connectivity index is 0.00000451. The molecule has 0 amide bonds. The van der Waals surface area contributed by atoms with Crippen LogP contribution in [0.15, 0.2) is 77.7 Å². The van der Waals surface area contributed by atoms with Crippen molar-refractivity contribution in [2.24, 2.45) is 12.8 Å². The van der Waals surface area contributed by atoms with Crippen molar-refractivity contribution < 1.29 is 21.9 Å². The van der Waals surface area contributed by atoms with Gasteiger partial charge < -0.3 is 10.5 Å². The van der Waals surface area contributed by atoms with E-state index in [4.69, 9.17) is 22.1 Å². The maximum atomic E-state index is 14.2. The summed E-state index contributed by atoms with van der Waals surface area (Å²) in [6.07, 6.45) is 2.47. The first kappa shape index (κ1) is 34.7. The van der Waals surface area contributed by atoms with E-state index in [-0.39, 0.29) is 69.7 Å². The minimum absolute atomic E-state index is 0. The number of halogens is 4. The fourth-order valence-electron chi connectivity index (χ4n) is 5.53. The molecule has 0 aliphatic heterocycles. The Morgan fingerprint density at radius 1 is 1.04 bits per heavy atom. The third-order valence-corrected chi connectivity index (χ3v) is 9.06. The number of nitrogens with zero attached hydrogens (tertiary/aromatic N) is 6. The highest BCUT2D eigenvalue weighted by atomic mass is 35.5. The number of rotatable bonds is 9. The summed E-state index contributed by atoms with van der Waals surface area (Å²) in [6.45, 7) is -0.0705. The average molecular weight is 717 g/mol. The molecule has 48 heavy (non-hydrogen) atoms. The molecule has 16 heteroatoms. The van der Waals surface area contributed by atoms with Crippen molar-refractivity contribution in [3.63, 3.8) is 0 Å². The summed E-state index contributed by atoms with van der Waals surface area (Å²) in [4.78, 5) is 23.0. The molecule has 6 aromatic rings. The minimum Gasteiger partial charge on any atom is -0.497 e. The Morgan fingerprint density at radius 3 is 2.38 bits per heavy atom. The minimum atomic E-state index is -3.91. The largest absolute Gasteiger partial charge is 0.497 e. The van der Waals surface area contributed by atoms with Crippen LogP contribution in [0.25, 0.3) is 27.6 Å². The van der Waals surface area contributed by atoms with Crippen LogP contribution in [0.4, 0.5) is 14.6 Å². The molecular formula is C32H29Cl2F2N7O4S. The first-order valence-electron chi connectivity index (χ1n) is 14.2. The number of hydrogen-bond donors (Lipinski definition) is 1. The van der Waals surface area contributed by atoms with E-state index in [0.29, 0.717) is 16.8 Å². The highest BCUT2D eigenvalue weighted by Crippen LogP contribution is 2.38. The molecule has 250 valence electrons. The number of benzene rings is 3. The van der Waals surface area contributed by atoms with E-state index in [1.54, 1.807) is 49.5 Å². The number of aryl methyl sites for hydroxylation is 1. The Bertz CT molecular complexity index is 2310. The number of nitrogens with two attached hydrogens (primary N) is 1. The molecule has 0 spiro atoms. The lowest BCUT2D eigenvalue weighted by atomic mass is 10.0. The van der Waals surface area contributed by atoms with Gasteiger partial charge in [0.1, 0.15) is 23.2 Å². The zero-order valence-corrected chi connectivity index (χ0v) is 28.2. The highest BCUT2D eigenvalue weighted by molar-refractivity contribution is 7.92. The molecule has 3 aromatic carbocycles. The number of pyridine rings is 1. The van der Waals surface area contributed by atoms with Gasteiger partial charge in [0.05, 0.1) is 53.0 Å². The van der Waals surface area contributed by atoms with Gasteiger partial charge >= 0.3 is 0 Å². The number of sulfonamides is 1. The molecule has 0 unspecified atom stereocenters. The number of hydrogen-bond acceptors (Lipinski definition) is 8. The van der Waals surface area contributed by atoms with Crippen LogP contribution in [0.1, 0.15) is 23.0 Å². The molecule has 0 aliphatic rings. The lowest BCUT2D eigenvalue weighted by Crippen LogP contribution is -2.30. The second-order valence-electron chi connectivity index (χ2n) is 10.9. The van der Waals surface area contributed by atoms with Gasteiger partial charge in [-0.15, -0.1) is 12.4 Å². The van der Waals surface area contributed by atoms with Crippen molar-refractivity contribution in [1.82, 2.24) is 24.3 Å². The molecule has 6 rings (SSSR count). The van der Waals surface area contributed by atoms with E-state index in [1.165, 1.54) is 28.6 Å². The fraction of sp³-hybridized carbons (Fsp3) is 0.188. The van der Waals surface area contributed by atoms with Crippen molar-refractivity contribution in [3.05, 3.63) is 117 Å². The highest BCUT2D eigenvalue weighted by Gasteiger charge is 2.29. The molecule has 3 heterocycles. The molecule has 0 saturated carbocycles. The lowest BCUT2D eigenvalue weighted by Gasteiger charge is -2.21. The van der Waals surface area contributed by atoms with E-state index >= 15 is 0 Å². The predicted molar refractivity (Wildman–Crippen MR) is 183 cm³/mol. The zero-order valence-electron chi connectivity index (χ0n) is 25.8. The van der Waals surface area contributed by atoms with Gasteiger partial charge in [-0.1, -0.05) is 23.7 Å². The monoisotopic (exact) mass is 715 g/mol. The summed E-state index contributed by atoms with van der Waals surface area (Å²) < 4.78 is 63.6. The third kappa shape index (κ3) is 6.56. The van der Waals surface area contributed by atoms with Crippen LogP contribution < -0.4 is 20.3 Å². The SMILES string of the molecule is COc1ccc(CN(c2nn(C)c3c(-n4c([C@@H](N)Cc5cc(F)cc(F)c5)nc5ncccc5c4=O)ccc(Cl)c23)S(C)(=O)=O)cc1.Cl. The standard InChI is InChI=1S/C32H28ClF2N7O4S.ClH/c1-40-28-26(11-10-24(33)27(28)31(39-40)41(47(3,44)45)17-18-6-8-22(46-2)9-7-18)42-30(38-29-23(32(42)43)5-4-12-37-29)25(36)15-19-13-20(34)16-21(35)14-19;/h4-14,16,25H,15,17,36H2,1-3H3;1H/t25-;/m0./s1. The van der Waals surface area contributed by atoms with Gasteiger partial charge in [-0.05, 0) is 66.1 Å². The molecule has 0 aliphatic carbocycles. The quantitative estimate of drug-likeness (QED) is 0.215. The first-order valence-corrected chi connectivity index (χ1v) is 16.4. The topological polar surface area (TPSA) is 138 Å². The smallest absolute Gasteiger partial charge is 0.267 e. The molecule has 0 bridgehead atoms. The van der Waals surface area contributed by atoms with Crippen LogP contribution in [-0.2, 0) is 30.0 Å². The Morgan fingerprint density at radius 2 is 1.73 bits per heavy atom. The second kappa shape index (κ2) is 13.5. The molecule has 2 N–H and O–H groups in total. The molecular weight excluding hydrogens is 687 g/mol. The van der Waals surface area contributed by atoms with Crippen molar-refractivity contribution in [2.75, 3.05) is 17.7 Å². The Kier molecular flexibility index (Phi) is 9.74. The number of fused-ring (bicyclic) bond motifs is 2. The van der Waals surface area contributed by atoms with Crippen LogP contribution in [0.2, 0.25) is 5.02 Å². The fourth-order valence-corrected chi connectivity index (χ4v) is 6.59. The molecule has 0 radical (unpaired) electrons. The van der Waals surface area contributed by atoms with Crippen molar-refractivity contribution in [2.45, 2.75) is 19.0 Å². The van der Waals surface area contributed by atoms with Crippen LogP contribution in [0.5, 0.6) is 5.75 Å². The summed E-state index contributed by atoms with van der Waals surface area (Å²) in [7, 11) is -0.783. The van der Waals surface area contributed by atoms with E-state index in [2.05, 4.69) is 15.1 Å². The predicted octanol–water partition coefficient (Wildman–Crippen LogP) is 5.24. The molecule has 1 atom stereocenters. The van der Waals surface area contributed by atoms with Crippen LogP contribution in [0.3, 0.4) is 0 Å². The van der Waals surface area contributed by atoms with Gasteiger partial charge in [-0.2, -0.15) is 5.10 Å². The van der Waals surface area contributed by atoms with E-state index in [1.807, 2.05) is 0 Å². The van der Waals surface area contributed by atoms with E-state index in [9.17, 15) is 22.0 Å². The van der Waals surface area contributed by atoms with Crippen LogP contribution >= 0.6 is 24.0 Å². The van der Waals surface area contributed by atoms with Crippen molar-refractivity contribution >= 4 is 61.8 Å². The maximum Gasteiger partial charge on any atom is 0.267 e. The zero-order chi connectivity index (χ0) is 33.6. The normalized spacial score (nSPS) is 12.2. The molecule has 3 aromatic heterocycles. The average Bonchev–Trinajstić information content (AvgIpc) is 3.37. The third-order valence-electron chi connectivity index (χ3n) is 7.64. The van der Waals surface area contributed by atoms with Crippen molar-refractivity contribution in [3.8, 4) is 11.4 Å². The Labute approximate surface area is 285 Å². The number of anilines is 1. The van der Waals surface area contributed by atoms with Gasteiger partial charge in [-0.3, -0.25) is 14.0 Å². The van der Waals surface area contributed by atoms with E-state index in [0.717, 1.165) is 28.8 Å². The lowest BCUT2D eigenvalue weighted by molar-refractivity contribution is 0.414. The Hall–Kier alpha value is -4.63. The van der Waals surface area contributed by atoms with Crippen LogP contribution in [0, 0.1) is 11.6 Å². The summed E-state index contributed by atoms with van der Waals surface area (Å²) in [5, 5.41) is 5.20. The van der Waals surface area contributed by atoms with Gasteiger partial charge in [0, 0.05) is 19.3 Å². The summed E-state index contributed by atoms with van der Waals surface area (Å²) in [5.74, 6) is -0.848. The molecule has 0 saturated heterocycles. The molecule has 0 fully saturated rings. The number of aromatic nitrogens is 5. The van der Waals surface area contributed by atoms with Gasteiger partial charge in [-0.25, -0.2) is 31.5 Å².